The lowest BCUT2D eigenvalue weighted by atomic mass is 10.4. The first-order valence-corrected chi connectivity index (χ1v) is 2.74. The molecule has 0 spiro atoms. The predicted molar refractivity (Wildman–Crippen MR) is 28.2 cm³/mol. The van der Waals surface area contributed by atoms with Crippen molar-refractivity contribution in [2.75, 3.05) is 6.61 Å². The van der Waals surface area contributed by atoms with Gasteiger partial charge in [0.25, 0.3) is 0 Å². The first-order valence-electron chi connectivity index (χ1n) is 2.74. The van der Waals surface area contributed by atoms with Crippen molar-refractivity contribution in [2.45, 2.75) is 19.6 Å². The van der Waals surface area contributed by atoms with E-state index in [-0.39, 0.29) is 18.7 Å². The quantitative estimate of drug-likeness (QED) is 0.517. The molecule has 3 nitrogen and oxygen atoms in total. The molecule has 1 saturated heterocycles. The highest BCUT2D eigenvalue weighted by molar-refractivity contribution is 5.78. The van der Waals surface area contributed by atoms with Gasteiger partial charge in [0.15, 0.2) is 0 Å². The van der Waals surface area contributed by atoms with Gasteiger partial charge in [0, 0.05) is 0 Å². The number of carbonyl (C=O) groups is 1. The van der Waals surface area contributed by atoms with E-state index in [9.17, 15) is 4.79 Å². The molecule has 3 heteroatoms. The third-order valence-electron chi connectivity index (χ3n) is 1.11. The van der Waals surface area contributed by atoms with Crippen LogP contribution >= 0.6 is 0 Å². The molecule has 0 radical (unpaired) electrons. The normalized spacial score (nSPS) is 28.1. The smallest absolute Gasteiger partial charge is 0.248 e. The summed E-state index contributed by atoms with van der Waals surface area (Å²) in [5.41, 5.74) is 0. The van der Waals surface area contributed by atoms with Crippen LogP contribution in [0.1, 0.15) is 13.3 Å². The zero-order chi connectivity index (χ0) is 5.98. The molecule has 1 fully saturated rings. The topological polar surface area (TPSA) is 38.3 Å². The average molecular weight is 115 g/mol. The Balaban J connectivity index is 2.32. The monoisotopic (exact) mass is 115 g/mol. The number of amides is 1. The number of rotatable bonds is 1. The van der Waals surface area contributed by atoms with Crippen molar-refractivity contribution in [2.24, 2.45) is 0 Å². The SMILES string of the molecule is CCC1NC(=O)CO1. The second-order valence-electron chi connectivity index (χ2n) is 1.78. The van der Waals surface area contributed by atoms with E-state index < -0.39 is 0 Å². The molecule has 1 aliphatic heterocycles. The molecule has 0 bridgehead atoms. The molecule has 0 aromatic heterocycles. The van der Waals surface area contributed by atoms with E-state index >= 15 is 0 Å². The van der Waals surface area contributed by atoms with Gasteiger partial charge in [-0.15, -0.1) is 0 Å². The molecule has 1 rings (SSSR count). The first kappa shape index (κ1) is 5.56. The molecule has 0 aliphatic carbocycles. The van der Waals surface area contributed by atoms with E-state index in [1.54, 1.807) is 0 Å². The van der Waals surface area contributed by atoms with Crippen LogP contribution in [-0.4, -0.2) is 18.7 Å². The van der Waals surface area contributed by atoms with Gasteiger partial charge in [-0.25, -0.2) is 0 Å². The van der Waals surface area contributed by atoms with Crippen LogP contribution in [-0.2, 0) is 9.53 Å². The Morgan fingerprint density at radius 2 is 2.75 bits per heavy atom. The highest BCUT2D eigenvalue weighted by Gasteiger charge is 2.18. The van der Waals surface area contributed by atoms with Gasteiger partial charge >= 0.3 is 0 Å². The summed E-state index contributed by atoms with van der Waals surface area (Å²) < 4.78 is 4.95. The summed E-state index contributed by atoms with van der Waals surface area (Å²) in [6.45, 7) is 2.20. The van der Waals surface area contributed by atoms with Gasteiger partial charge in [-0.3, -0.25) is 4.79 Å². The maximum absolute atomic E-state index is 10.4. The largest absolute Gasteiger partial charge is 0.349 e. The van der Waals surface area contributed by atoms with E-state index in [2.05, 4.69) is 5.32 Å². The van der Waals surface area contributed by atoms with Gasteiger partial charge in [0.2, 0.25) is 5.91 Å². The standard InChI is InChI=1S/C5H9NO2/c1-2-5-6-4(7)3-8-5/h5H,2-3H2,1H3,(H,6,7). The van der Waals surface area contributed by atoms with Gasteiger partial charge in [-0.2, -0.15) is 0 Å². The molecule has 8 heavy (non-hydrogen) atoms. The lowest BCUT2D eigenvalue weighted by Gasteiger charge is -2.02. The summed E-state index contributed by atoms with van der Waals surface area (Å²) in [5.74, 6) is -0.00292. The average Bonchev–Trinajstić information content (AvgIpc) is 2.14. The van der Waals surface area contributed by atoms with Gasteiger partial charge in [-0.05, 0) is 6.42 Å². The second-order valence-corrected chi connectivity index (χ2v) is 1.78. The van der Waals surface area contributed by atoms with E-state index in [0.29, 0.717) is 0 Å². The van der Waals surface area contributed by atoms with Crippen molar-refractivity contribution in [3.8, 4) is 0 Å². The Morgan fingerprint density at radius 3 is 3.00 bits per heavy atom. The Bertz CT molecular complexity index is 103. The van der Waals surface area contributed by atoms with Gasteiger partial charge < -0.3 is 10.1 Å². The first-order chi connectivity index (χ1) is 3.83. The van der Waals surface area contributed by atoms with Crippen LogP contribution in [0.25, 0.3) is 0 Å². The summed E-state index contributed by atoms with van der Waals surface area (Å²) in [6.07, 6.45) is 0.827. The molecular formula is C5H9NO2. The summed E-state index contributed by atoms with van der Waals surface area (Å²) in [4.78, 5) is 10.4. The zero-order valence-electron chi connectivity index (χ0n) is 4.81. The maximum Gasteiger partial charge on any atom is 0.248 e. The van der Waals surface area contributed by atoms with Crippen LogP contribution < -0.4 is 5.32 Å². The van der Waals surface area contributed by atoms with Crippen LogP contribution in [0.15, 0.2) is 0 Å². The van der Waals surface area contributed by atoms with Crippen LogP contribution in [0.3, 0.4) is 0 Å². The minimum atomic E-state index is -0.0255. The van der Waals surface area contributed by atoms with Crippen molar-refractivity contribution < 1.29 is 9.53 Å². The van der Waals surface area contributed by atoms with Crippen LogP contribution in [0.4, 0.5) is 0 Å². The molecule has 0 aromatic rings. The van der Waals surface area contributed by atoms with Crippen molar-refractivity contribution >= 4 is 5.91 Å². The molecule has 0 aromatic carbocycles. The fourth-order valence-electron chi connectivity index (χ4n) is 0.659. The highest BCUT2D eigenvalue weighted by Crippen LogP contribution is 1.98. The number of hydrogen-bond donors (Lipinski definition) is 1. The predicted octanol–water partition coefficient (Wildman–Crippen LogP) is -0.131. The van der Waals surface area contributed by atoms with Gasteiger partial charge in [0.1, 0.15) is 12.8 Å². The van der Waals surface area contributed by atoms with E-state index in [1.807, 2.05) is 6.92 Å². The molecule has 1 heterocycles. The van der Waals surface area contributed by atoms with Crippen molar-refractivity contribution in [3.05, 3.63) is 0 Å². The third-order valence-corrected chi connectivity index (χ3v) is 1.11. The van der Waals surface area contributed by atoms with Gasteiger partial charge in [0.05, 0.1) is 0 Å². The Morgan fingerprint density at radius 1 is 2.00 bits per heavy atom. The maximum atomic E-state index is 10.4. The van der Waals surface area contributed by atoms with Crippen molar-refractivity contribution in [1.29, 1.82) is 0 Å². The van der Waals surface area contributed by atoms with Crippen molar-refractivity contribution in [3.63, 3.8) is 0 Å². The Labute approximate surface area is 48.0 Å². The molecule has 1 N–H and O–H groups in total. The lowest BCUT2D eigenvalue weighted by molar-refractivity contribution is -0.119. The molecule has 1 atom stereocenters. The van der Waals surface area contributed by atoms with E-state index in [0.717, 1.165) is 6.42 Å². The molecule has 1 aliphatic rings. The van der Waals surface area contributed by atoms with E-state index in [1.165, 1.54) is 0 Å². The summed E-state index contributed by atoms with van der Waals surface area (Å²) in [6, 6.07) is 0. The summed E-state index contributed by atoms with van der Waals surface area (Å²) >= 11 is 0. The third kappa shape index (κ3) is 0.980. The summed E-state index contributed by atoms with van der Waals surface area (Å²) in [7, 11) is 0. The van der Waals surface area contributed by atoms with Crippen LogP contribution in [0.5, 0.6) is 0 Å². The molecular weight excluding hydrogens is 106 g/mol. The second kappa shape index (κ2) is 2.13. The highest BCUT2D eigenvalue weighted by atomic mass is 16.5. The number of ether oxygens (including phenoxy) is 1. The zero-order valence-corrected chi connectivity index (χ0v) is 4.81. The van der Waals surface area contributed by atoms with E-state index in [4.69, 9.17) is 4.74 Å². The number of hydrogen-bond acceptors (Lipinski definition) is 2. The van der Waals surface area contributed by atoms with Crippen LogP contribution in [0.2, 0.25) is 0 Å². The Kier molecular flexibility index (Phi) is 1.48. The van der Waals surface area contributed by atoms with Crippen LogP contribution in [0, 0.1) is 0 Å². The summed E-state index contributed by atoms with van der Waals surface area (Å²) in [5, 5.41) is 2.64. The minimum absolute atomic E-state index is 0.00292. The molecule has 1 amide bonds. The fourth-order valence-corrected chi connectivity index (χ4v) is 0.659. The number of nitrogens with one attached hydrogen (secondary N) is 1. The Hall–Kier alpha value is -0.570. The molecule has 46 valence electrons. The number of carbonyl (C=O) groups excluding carboxylic acids is 1. The van der Waals surface area contributed by atoms with Gasteiger partial charge in [-0.1, -0.05) is 6.92 Å². The van der Waals surface area contributed by atoms with Crippen molar-refractivity contribution in [1.82, 2.24) is 5.32 Å². The fraction of sp³-hybridized carbons (Fsp3) is 0.800. The minimum Gasteiger partial charge on any atom is -0.349 e. The molecule has 1 unspecified atom stereocenters. The lowest BCUT2D eigenvalue weighted by Crippen LogP contribution is -2.25. The molecule has 0 saturated carbocycles.